The molecule has 1 aliphatic rings. The number of rotatable bonds is 6. The Balaban J connectivity index is 1.60. The molecule has 1 heterocycles. The molecule has 162 valence electrons. The van der Waals surface area contributed by atoms with Crippen molar-refractivity contribution in [3.8, 4) is 11.5 Å². The molecular formula is C25H19BrINO4. The first-order chi connectivity index (χ1) is 15.4. The van der Waals surface area contributed by atoms with Crippen molar-refractivity contribution < 1.29 is 19.0 Å². The van der Waals surface area contributed by atoms with Gasteiger partial charge in [-0.25, -0.2) is 9.79 Å². The molecule has 3 aromatic carbocycles. The number of hydrogen-bond donors (Lipinski definition) is 0. The zero-order valence-corrected chi connectivity index (χ0v) is 21.1. The normalized spacial score (nSPS) is 14.3. The first kappa shape index (κ1) is 22.5. The van der Waals surface area contributed by atoms with E-state index in [-0.39, 0.29) is 5.70 Å². The van der Waals surface area contributed by atoms with Crippen LogP contribution in [0, 0.1) is 10.5 Å². The molecule has 0 unspecified atom stereocenters. The van der Waals surface area contributed by atoms with Crippen molar-refractivity contribution in [2.24, 2.45) is 4.99 Å². The number of methoxy groups -OCH3 is 1. The van der Waals surface area contributed by atoms with Crippen LogP contribution in [0.1, 0.15) is 22.3 Å². The third-order valence-electron chi connectivity index (χ3n) is 4.82. The van der Waals surface area contributed by atoms with Gasteiger partial charge in [0.25, 0.3) is 0 Å². The van der Waals surface area contributed by atoms with Gasteiger partial charge in [-0.1, -0.05) is 46.3 Å². The Bertz CT molecular complexity index is 1250. The summed E-state index contributed by atoms with van der Waals surface area (Å²) < 4.78 is 18.9. The number of carbonyl (C=O) groups excluding carboxylic acids is 1. The van der Waals surface area contributed by atoms with E-state index in [1.165, 1.54) is 0 Å². The minimum absolute atomic E-state index is 0.240. The van der Waals surface area contributed by atoms with Crippen molar-refractivity contribution in [3.63, 3.8) is 0 Å². The lowest BCUT2D eigenvalue weighted by Crippen LogP contribution is -2.06. The van der Waals surface area contributed by atoms with Crippen molar-refractivity contribution in [2.75, 3.05) is 7.11 Å². The summed E-state index contributed by atoms with van der Waals surface area (Å²) in [6.45, 7) is 2.36. The van der Waals surface area contributed by atoms with Gasteiger partial charge in [-0.05, 0) is 82.6 Å². The molecule has 0 radical (unpaired) electrons. The molecule has 3 aromatic rings. The maximum atomic E-state index is 12.4. The van der Waals surface area contributed by atoms with Gasteiger partial charge < -0.3 is 14.2 Å². The lowest BCUT2D eigenvalue weighted by atomic mass is 10.1. The van der Waals surface area contributed by atoms with Crippen molar-refractivity contribution in [1.29, 1.82) is 0 Å². The quantitative estimate of drug-likeness (QED) is 0.189. The Hall–Kier alpha value is -2.65. The SMILES string of the molecule is COc1cc(/C=C2\N=C(c3ccccc3C)OC2=O)cc(I)c1OCc1cccc(Br)c1. The summed E-state index contributed by atoms with van der Waals surface area (Å²) in [7, 11) is 1.59. The third kappa shape index (κ3) is 5.05. The molecule has 0 fully saturated rings. The molecule has 0 aromatic heterocycles. The van der Waals surface area contributed by atoms with E-state index < -0.39 is 5.97 Å². The standard InChI is InChI=1S/C25H19BrINO4/c1-15-6-3-4-9-19(15)24-28-21(25(29)32-24)12-17-11-20(27)23(22(13-17)30-2)31-14-16-7-5-8-18(26)10-16/h3-13H,14H2,1-2H3/b21-12-. The van der Waals surface area contributed by atoms with Gasteiger partial charge >= 0.3 is 5.97 Å². The average molecular weight is 604 g/mol. The highest BCUT2D eigenvalue weighted by atomic mass is 127. The predicted molar refractivity (Wildman–Crippen MR) is 136 cm³/mol. The first-order valence-corrected chi connectivity index (χ1v) is 11.6. The summed E-state index contributed by atoms with van der Waals surface area (Å²) in [5.74, 6) is 1.06. The number of aliphatic imine (C=N–C) groups is 1. The Morgan fingerprint density at radius 1 is 1.12 bits per heavy atom. The van der Waals surface area contributed by atoms with E-state index in [0.717, 1.165) is 30.3 Å². The molecule has 0 saturated carbocycles. The van der Waals surface area contributed by atoms with E-state index in [2.05, 4.69) is 43.5 Å². The largest absolute Gasteiger partial charge is 0.493 e. The lowest BCUT2D eigenvalue weighted by Gasteiger charge is -2.14. The van der Waals surface area contributed by atoms with Crippen LogP contribution in [0.4, 0.5) is 0 Å². The van der Waals surface area contributed by atoms with Crippen LogP contribution in [0.2, 0.25) is 0 Å². The van der Waals surface area contributed by atoms with Gasteiger partial charge in [0, 0.05) is 10.0 Å². The van der Waals surface area contributed by atoms with E-state index in [0.29, 0.717) is 24.0 Å². The average Bonchev–Trinajstić information content (AvgIpc) is 3.13. The van der Waals surface area contributed by atoms with Crippen LogP contribution < -0.4 is 9.47 Å². The highest BCUT2D eigenvalue weighted by molar-refractivity contribution is 14.1. The van der Waals surface area contributed by atoms with Gasteiger partial charge in [-0.2, -0.15) is 0 Å². The Labute approximate surface area is 208 Å². The third-order valence-corrected chi connectivity index (χ3v) is 6.12. The number of benzene rings is 3. The first-order valence-electron chi connectivity index (χ1n) is 9.78. The van der Waals surface area contributed by atoms with Gasteiger partial charge in [0.2, 0.25) is 5.90 Å². The maximum Gasteiger partial charge on any atom is 0.363 e. The van der Waals surface area contributed by atoms with Crippen molar-refractivity contribution >= 4 is 56.5 Å². The topological polar surface area (TPSA) is 57.1 Å². The highest BCUT2D eigenvalue weighted by Crippen LogP contribution is 2.35. The van der Waals surface area contributed by atoms with Crippen LogP contribution in [0.25, 0.3) is 6.08 Å². The van der Waals surface area contributed by atoms with E-state index in [9.17, 15) is 4.79 Å². The second-order valence-electron chi connectivity index (χ2n) is 7.10. The maximum absolute atomic E-state index is 12.4. The number of ether oxygens (including phenoxy) is 3. The van der Waals surface area contributed by atoms with Crippen molar-refractivity contribution in [3.05, 3.63) is 96.7 Å². The van der Waals surface area contributed by atoms with Crippen LogP contribution in [-0.2, 0) is 16.1 Å². The lowest BCUT2D eigenvalue weighted by molar-refractivity contribution is -0.129. The zero-order chi connectivity index (χ0) is 22.7. The van der Waals surface area contributed by atoms with E-state index in [1.807, 2.05) is 67.6 Å². The summed E-state index contributed by atoms with van der Waals surface area (Å²) in [4.78, 5) is 16.8. The number of cyclic esters (lactones) is 1. The van der Waals surface area contributed by atoms with Crippen LogP contribution in [0.5, 0.6) is 11.5 Å². The molecule has 1 aliphatic heterocycles. The number of carbonyl (C=O) groups is 1. The summed E-state index contributed by atoms with van der Waals surface area (Å²) in [6, 6.07) is 19.3. The molecule has 5 nitrogen and oxygen atoms in total. The minimum Gasteiger partial charge on any atom is -0.493 e. The van der Waals surface area contributed by atoms with Gasteiger partial charge in [-0.3, -0.25) is 0 Å². The summed E-state index contributed by atoms with van der Waals surface area (Å²) in [5, 5.41) is 0. The molecule has 7 heteroatoms. The molecule has 0 amide bonds. The smallest absolute Gasteiger partial charge is 0.363 e. The molecule has 32 heavy (non-hydrogen) atoms. The van der Waals surface area contributed by atoms with Crippen molar-refractivity contribution in [2.45, 2.75) is 13.5 Å². The second-order valence-corrected chi connectivity index (χ2v) is 9.18. The summed E-state index contributed by atoms with van der Waals surface area (Å²) in [6.07, 6.45) is 1.69. The molecule has 0 bridgehead atoms. The number of esters is 1. The minimum atomic E-state index is -0.479. The molecule has 0 spiro atoms. The fraction of sp³-hybridized carbons (Fsp3) is 0.120. The molecular weight excluding hydrogens is 585 g/mol. The van der Waals surface area contributed by atoms with E-state index in [1.54, 1.807) is 13.2 Å². The fourth-order valence-corrected chi connectivity index (χ4v) is 4.47. The number of halogens is 2. The van der Waals surface area contributed by atoms with Gasteiger partial charge in [0.1, 0.15) is 6.61 Å². The van der Waals surface area contributed by atoms with Crippen LogP contribution in [0.3, 0.4) is 0 Å². The van der Waals surface area contributed by atoms with E-state index >= 15 is 0 Å². The molecule has 0 aliphatic carbocycles. The van der Waals surface area contributed by atoms with Crippen LogP contribution in [0.15, 0.2) is 75.8 Å². The van der Waals surface area contributed by atoms with Crippen LogP contribution in [-0.4, -0.2) is 19.0 Å². The molecule has 0 N–H and O–H groups in total. The Kier molecular flexibility index (Phi) is 6.95. The highest BCUT2D eigenvalue weighted by Gasteiger charge is 2.25. The number of nitrogens with zero attached hydrogens (tertiary/aromatic N) is 1. The predicted octanol–water partition coefficient (Wildman–Crippen LogP) is 6.29. The van der Waals surface area contributed by atoms with Gasteiger partial charge in [0.15, 0.2) is 17.2 Å². The van der Waals surface area contributed by atoms with E-state index in [4.69, 9.17) is 14.2 Å². The Morgan fingerprint density at radius 2 is 1.94 bits per heavy atom. The number of hydrogen-bond acceptors (Lipinski definition) is 5. The molecule has 0 atom stereocenters. The monoisotopic (exact) mass is 603 g/mol. The fourth-order valence-electron chi connectivity index (χ4n) is 3.24. The zero-order valence-electron chi connectivity index (χ0n) is 17.4. The van der Waals surface area contributed by atoms with Crippen molar-refractivity contribution in [1.82, 2.24) is 0 Å². The molecule has 0 saturated heterocycles. The van der Waals surface area contributed by atoms with Crippen LogP contribution >= 0.6 is 38.5 Å². The van der Waals surface area contributed by atoms with Gasteiger partial charge in [-0.15, -0.1) is 0 Å². The van der Waals surface area contributed by atoms with Gasteiger partial charge in [0.05, 0.1) is 10.7 Å². The molecule has 4 rings (SSSR count). The Morgan fingerprint density at radius 3 is 2.69 bits per heavy atom. The second kappa shape index (κ2) is 9.87. The number of aryl methyl sites for hydroxylation is 1. The summed E-state index contributed by atoms with van der Waals surface area (Å²) in [5.41, 5.74) is 3.83. The summed E-state index contributed by atoms with van der Waals surface area (Å²) >= 11 is 5.67.